The molecule has 1 fully saturated rings. The van der Waals surface area contributed by atoms with Crippen molar-refractivity contribution in [2.24, 2.45) is 5.73 Å². The van der Waals surface area contributed by atoms with Crippen molar-refractivity contribution in [2.45, 2.75) is 44.1 Å². The first-order chi connectivity index (χ1) is 11.8. The number of nitrogens with two attached hydrogens (primary N) is 1. The molecule has 3 heteroatoms. The van der Waals surface area contributed by atoms with Crippen molar-refractivity contribution in [1.82, 2.24) is 0 Å². The lowest BCUT2D eigenvalue weighted by atomic mass is 9.69. The second-order valence-electron chi connectivity index (χ2n) is 6.69. The van der Waals surface area contributed by atoms with Crippen LogP contribution in [0.15, 0.2) is 48.5 Å². The lowest BCUT2D eigenvalue weighted by molar-refractivity contribution is 0.279. The van der Waals surface area contributed by atoms with Crippen molar-refractivity contribution in [3.63, 3.8) is 0 Å². The average molecular weight is 325 g/mol. The van der Waals surface area contributed by atoms with Gasteiger partial charge in [0, 0.05) is 12.0 Å². The maximum absolute atomic E-state index is 6.16. The highest BCUT2D eigenvalue weighted by Gasteiger charge is 2.33. The van der Waals surface area contributed by atoms with Crippen molar-refractivity contribution in [3.8, 4) is 11.5 Å². The zero-order valence-electron chi connectivity index (χ0n) is 14.5. The van der Waals surface area contributed by atoms with E-state index >= 15 is 0 Å². The Morgan fingerprint density at radius 1 is 0.958 bits per heavy atom. The van der Waals surface area contributed by atoms with Gasteiger partial charge in [0.15, 0.2) is 11.5 Å². The molecule has 0 aliphatic heterocycles. The van der Waals surface area contributed by atoms with Gasteiger partial charge in [-0.25, -0.2) is 0 Å². The SMILES string of the molecule is COc1cc(C2(CN)CCCCC2)ccc1OCc1ccccc1. The first kappa shape index (κ1) is 16.8. The normalized spacial score (nSPS) is 16.6. The van der Waals surface area contributed by atoms with E-state index < -0.39 is 0 Å². The smallest absolute Gasteiger partial charge is 0.161 e. The second kappa shape index (κ2) is 7.71. The van der Waals surface area contributed by atoms with E-state index in [2.05, 4.69) is 24.3 Å². The molecule has 0 bridgehead atoms. The lowest BCUT2D eigenvalue weighted by Crippen LogP contribution is -2.37. The summed E-state index contributed by atoms with van der Waals surface area (Å²) in [6.07, 6.45) is 6.16. The van der Waals surface area contributed by atoms with E-state index in [0.717, 1.165) is 29.9 Å². The van der Waals surface area contributed by atoms with Crippen LogP contribution < -0.4 is 15.2 Å². The minimum atomic E-state index is 0.101. The quantitative estimate of drug-likeness (QED) is 0.854. The molecule has 1 aliphatic carbocycles. The molecule has 0 saturated heterocycles. The van der Waals surface area contributed by atoms with Gasteiger partial charge < -0.3 is 15.2 Å². The van der Waals surface area contributed by atoms with E-state index in [1.165, 1.54) is 24.8 Å². The van der Waals surface area contributed by atoms with Gasteiger partial charge in [0.2, 0.25) is 0 Å². The molecule has 1 aliphatic rings. The van der Waals surface area contributed by atoms with E-state index in [4.69, 9.17) is 15.2 Å². The van der Waals surface area contributed by atoms with Crippen LogP contribution in [0.3, 0.4) is 0 Å². The van der Waals surface area contributed by atoms with Crippen molar-refractivity contribution in [2.75, 3.05) is 13.7 Å². The first-order valence-corrected chi connectivity index (χ1v) is 8.83. The third-order valence-electron chi connectivity index (χ3n) is 5.21. The van der Waals surface area contributed by atoms with Crippen LogP contribution in [0.1, 0.15) is 43.2 Å². The molecule has 24 heavy (non-hydrogen) atoms. The molecule has 0 aromatic heterocycles. The van der Waals surface area contributed by atoms with Crippen molar-refractivity contribution >= 4 is 0 Å². The van der Waals surface area contributed by atoms with Crippen LogP contribution >= 0.6 is 0 Å². The molecule has 3 rings (SSSR count). The summed E-state index contributed by atoms with van der Waals surface area (Å²) in [4.78, 5) is 0. The number of benzene rings is 2. The van der Waals surface area contributed by atoms with E-state index in [0.29, 0.717) is 13.2 Å². The Hall–Kier alpha value is -2.00. The number of ether oxygens (including phenoxy) is 2. The predicted molar refractivity (Wildman–Crippen MR) is 97.6 cm³/mol. The molecule has 2 aromatic rings. The first-order valence-electron chi connectivity index (χ1n) is 8.83. The van der Waals surface area contributed by atoms with Gasteiger partial charge in [0.1, 0.15) is 6.61 Å². The summed E-state index contributed by atoms with van der Waals surface area (Å²) in [5.41, 5.74) is 8.70. The molecule has 128 valence electrons. The van der Waals surface area contributed by atoms with Gasteiger partial charge in [-0.15, -0.1) is 0 Å². The maximum Gasteiger partial charge on any atom is 0.161 e. The van der Waals surface area contributed by atoms with Crippen molar-refractivity contribution in [3.05, 3.63) is 59.7 Å². The monoisotopic (exact) mass is 325 g/mol. The number of hydrogen-bond acceptors (Lipinski definition) is 3. The fourth-order valence-corrected chi connectivity index (χ4v) is 3.69. The van der Waals surface area contributed by atoms with Crippen LogP contribution in [-0.2, 0) is 12.0 Å². The van der Waals surface area contributed by atoms with Gasteiger partial charge in [-0.2, -0.15) is 0 Å². The van der Waals surface area contributed by atoms with Gasteiger partial charge in [-0.3, -0.25) is 0 Å². The fourth-order valence-electron chi connectivity index (χ4n) is 3.69. The molecule has 0 heterocycles. The Morgan fingerprint density at radius 2 is 1.71 bits per heavy atom. The van der Waals surface area contributed by atoms with Gasteiger partial charge >= 0.3 is 0 Å². The van der Waals surface area contributed by atoms with E-state index in [9.17, 15) is 0 Å². The second-order valence-corrected chi connectivity index (χ2v) is 6.69. The fraction of sp³-hybridized carbons (Fsp3) is 0.429. The summed E-state index contributed by atoms with van der Waals surface area (Å²) in [5.74, 6) is 1.58. The average Bonchev–Trinajstić information content (AvgIpc) is 2.67. The molecule has 2 N–H and O–H groups in total. The standard InChI is InChI=1S/C21H27NO2/c1-23-20-14-18(21(16-22)12-6-3-7-13-21)10-11-19(20)24-15-17-8-4-2-5-9-17/h2,4-5,8-11,14H,3,6-7,12-13,15-16,22H2,1H3. The lowest BCUT2D eigenvalue weighted by Gasteiger charge is -2.37. The third kappa shape index (κ3) is 3.57. The van der Waals surface area contributed by atoms with E-state index in [-0.39, 0.29) is 5.41 Å². The van der Waals surface area contributed by atoms with Crippen LogP contribution in [0.2, 0.25) is 0 Å². The van der Waals surface area contributed by atoms with Gasteiger partial charge in [-0.1, -0.05) is 55.7 Å². The summed E-state index contributed by atoms with van der Waals surface area (Å²) in [7, 11) is 1.70. The van der Waals surface area contributed by atoms with Gasteiger partial charge in [0.05, 0.1) is 7.11 Å². The Labute approximate surface area is 144 Å². The Bertz CT molecular complexity index is 648. The molecule has 0 spiro atoms. The summed E-state index contributed by atoms with van der Waals surface area (Å²) < 4.78 is 11.6. The van der Waals surface area contributed by atoms with Crippen LogP contribution in [0.25, 0.3) is 0 Å². The molecule has 0 atom stereocenters. The highest BCUT2D eigenvalue weighted by molar-refractivity contribution is 5.45. The zero-order chi connectivity index (χ0) is 16.8. The van der Waals surface area contributed by atoms with Crippen LogP contribution in [0, 0.1) is 0 Å². The molecule has 0 radical (unpaired) electrons. The van der Waals surface area contributed by atoms with Crippen molar-refractivity contribution < 1.29 is 9.47 Å². The Balaban J connectivity index is 1.80. The van der Waals surface area contributed by atoms with E-state index in [1.807, 2.05) is 24.3 Å². The molecule has 0 amide bonds. The summed E-state index contributed by atoms with van der Waals surface area (Å²) in [6, 6.07) is 16.5. The summed E-state index contributed by atoms with van der Waals surface area (Å²) in [5, 5.41) is 0. The zero-order valence-corrected chi connectivity index (χ0v) is 14.5. The maximum atomic E-state index is 6.16. The number of methoxy groups -OCH3 is 1. The van der Waals surface area contributed by atoms with Crippen molar-refractivity contribution in [1.29, 1.82) is 0 Å². The minimum Gasteiger partial charge on any atom is -0.493 e. The largest absolute Gasteiger partial charge is 0.493 e. The van der Waals surface area contributed by atoms with Crippen LogP contribution in [0.4, 0.5) is 0 Å². The summed E-state index contributed by atoms with van der Waals surface area (Å²) >= 11 is 0. The third-order valence-corrected chi connectivity index (χ3v) is 5.21. The number of rotatable bonds is 6. The molecular weight excluding hydrogens is 298 g/mol. The minimum absolute atomic E-state index is 0.101. The molecule has 2 aromatic carbocycles. The Kier molecular flexibility index (Phi) is 5.41. The molecule has 1 saturated carbocycles. The highest BCUT2D eigenvalue weighted by atomic mass is 16.5. The molecule has 3 nitrogen and oxygen atoms in total. The topological polar surface area (TPSA) is 44.5 Å². The highest BCUT2D eigenvalue weighted by Crippen LogP contribution is 2.41. The predicted octanol–water partition coefficient (Wildman–Crippen LogP) is 4.43. The van der Waals surface area contributed by atoms with Gasteiger partial charge in [-0.05, 0) is 36.1 Å². The van der Waals surface area contributed by atoms with E-state index in [1.54, 1.807) is 7.11 Å². The van der Waals surface area contributed by atoms with Gasteiger partial charge in [0.25, 0.3) is 0 Å². The van der Waals surface area contributed by atoms with Crippen LogP contribution in [0.5, 0.6) is 11.5 Å². The molecule has 0 unspecified atom stereocenters. The number of hydrogen-bond donors (Lipinski definition) is 1. The van der Waals surface area contributed by atoms with Crippen LogP contribution in [-0.4, -0.2) is 13.7 Å². The Morgan fingerprint density at radius 3 is 2.38 bits per heavy atom. The molecular formula is C21H27NO2. The summed E-state index contributed by atoms with van der Waals surface area (Å²) in [6.45, 7) is 1.24.